The van der Waals surface area contributed by atoms with Crippen LogP contribution in [0.4, 0.5) is 0 Å². The van der Waals surface area contributed by atoms with Crippen LogP contribution in [0.25, 0.3) is 0 Å². The van der Waals surface area contributed by atoms with Crippen LogP contribution >= 0.6 is 0 Å². The van der Waals surface area contributed by atoms with Gasteiger partial charge < -0.3 is 14.3 Å². The Kier molecular flexibility index (Phi) is 4.43. The van der Waals surface area contributed by atoms with Crippen LogP contribution < -0.4 is 0 Å². The molecule has 22 heavy (non-hydrogen) atoms. The number of methoxy groups -OCH3 is 1. The first kappa shape index (κ1) is 15.0. The van der Waals surface area contributed by atoms with Gasteiger partial charge in [0, 0.05) is 26.1 Å². The number of carbonyl (C=O) groups is 1. The number of esters is 1. The summed E-state index contributed by atoms with van der Waals surface area (Å²) in [6, 6.07) is 10.00. The van der Waals surface area contributed by atoms with Gasteiger partial charge in [0.2, 0.25) is 0 Å². The largest absolute Gasteiger partial charge is 0.469 e. The van der Waals surface area contributed by atoms with E-state index in [4.69, 9.17) is 14.3 Å². The molecule has 0 aliphatic carbocycles. The predicted molar refractivity (Wildman–Crippen MR) is 81.6 cm³/mol. The molecule has 0 amide bonds. The Morgan fingerprint density at radius 2 is 2.05 bits per heavy atom. The van der Waals surface area contributed by atoms with Crippen molar-refractivity contribution in [3.05, 3.63) is 35.9 Å². The minimum Gasteiger partial charge on any atom is -0.469 e. The Hall–Kier alpha value is -1.88. The van der Waals surface area contributed by atoms with Crippen molar-refractivity contribution in [3.63, 3.8) is 0 Å². The van der Waals surface area contributed by atoms with Crippen molar-refractivity contribution < 1.29 is 19.1 Å². The molecule has 1 fully saturated rings. The molecule has 5 heteroatoms. The van der Waals surface area contributed by atoms with Crippen molar-refractivity contribution in [2.75, 3.05) is 20.3 Å². The quantitative estimate of drug-likeness (QED) is 0.802. The van der Waals surface area contributed by atoms with Gasteiger partial charge >= 0.3 is 5.97 Å². The van der Waals surface area contributed by atoms with Crippen LogP contribution in [0.15, 0.2) is 35.5 Å². The van der Waals surface area contributed by atoms with Crippen molar-refractivity contribution in [1.82, 2.24) is 0 Å². The molecule has 2 aliphatic heterocycles. The topological polar surface area (TPSA) is 57.1 Å². The highest BCUT2D eigenvalue weighted by Gasteiger charge is 2.44. The molecule has 1 saturated heterocycles. The van der Waals surface area contributed by atoms with Crippen LogP contribution in [0, 0.1) is 5.41 Å². The zero-order valence-corrected chi connectivity index (χ0v) is 12.8. The first-order valence-corrected chi connectivity index (χ1v) is 7.68. The third-order valence-corrected chi connectivity index (χ3v) is 4.53. The normalized spacial score (nSPS) is 23.5. The number of rotatable bonds is 4. The van der Waals surface area contributed by atoms with Crippen molar-refractivity contribution in [1.29, 1.82) is 0 Å². The van der Waals surface area contributed by atoms with E-state index in [1.165, 1.54) is 7.11 Å². The smallest absolute Gasteiger partial charge is 0.312 e. The average Bonchev–Trinajstić information content (AvgIpc) is 3.04. The lowest BCUT2D eigenvalue weighted by atomic mass is 9.75. The Morgan fingerprint density at radius 3 is 2.73 bits per heavy atom. The Morgan fingerprint density at radius 1 is 1.32 bits per heavy atom. The third-order valence-electron chi connectivity index (χ3n) is 4.53. The highest BCUT2D eigenvalue weighted by Crippen LogP contribution is 2.39. The summed E-state index contributed by atoms with van der Waals surface area (Å²) in [5.41, 5.74) is 1.51. The molecule has 0 N–H and O–H groups in total. The highest BCUT2D eigenvalue weighted by molar-refractivity contribution is 6.01. The van der Waals surface area contributed by atoms with Gasteiger partial charge in [-0.25, -0.2) is 0 Å². The second kappa shape index (κ2) is 6.48. The van der Waals surface area contributed by atoms with E-state index in [9.17, 15) is 4.79 Å². The maximum Gasteiger partial charge on any atom is 0.312 e. The fourth-order valence-corrected chi connectivity index (χ4v) is 3.24. The van der Waals surface area contributed by atoms with Gasteiger partial charge in [-0.15, -0.1) is 0 Å². The monoisotopic (exact) mass is 303 g/mol. The van der Waals surface area contributed by atoms with Gasteiger partial charge in [0.1, 0.15) is 6.10 Å². The molecule has 2 aliphatic rings. The Balaban J connectivity index is 1.67. The van der Waals surface area contributed by atoms with Crippen LogP contribution in [-0.2, 0) is 19.1 Å². The van der Waals surface area contributed by atoms with Crippen LogP contribution in [-0.4, -0.2) is 38.1 Å². The molecule has 2 heterocycles. The first-order valence-electron chi connectivity index (χ1n) is 7.68. The summed E-state index contributed by atoms with van der Waals surface area (Å²) in [7, 11) is 1.45. The third kappa shape index (κ3) is 2.99. The molecule has 0 saturated carbocycles. The van der Waals surface area contributed by atoms with Gasteiger partial charge in [-0.1, -0.05) is 35.5 Å². The fraction of sp³-hybridized carbons (Fsp3) is 0.529. The summed E-state index contributed by atoms with van der Waals surface area (Å²) in [6.07, 6.45) is 2.64. The van der Waals surface area contributed by atoms with Crippen LogP contribution in [0.2, 0.25) is 0 Å². The van der Waals surface area contributed by atoms with E-state index in [0.717, 1.165) is 17.7 Å². The molecular formula is C17H21NO4. The fourth-order valence-electron chi connectivity index (χ4n) is 3.24. The van der Waals surface area contributed by atoms with Crippen LogP contribution in [0.3, 0.4) is 0 Å². The molecule has 0 aromatic heterocycles. The number of oxime groups is 1. The van der Waals surface area contributed by atoms with Gasteiger partial charge in [0.15, 0.2) is 0 Å². The van der Waals surface area contributed by atoms with Gasteiger partial charge in [-0.05, 0) is 18.4 Å². The van der Waals surface area contributed by atoms with E-state index in [1.54, 1.807) is 0 Å². The maximum absolute atomic E-state index is 12.3. The van der Waals surface area contributed by atoms with Crippen LogP contribution in [0.5, 0.6) is 0 Å². The Bertz CT molecular complexity index is 549. The number of hydrogen-bond acceptors (Lipinski definition) is 5. The van der Waals surface area contributed by atoms with E-state index >= 15 is 0 Å². The summed E-state index contributed by atoms with van der Waals surface area (Å²) in [6.45, 7) is 1.18. The van der Waals surface area contributed by atoms with Crippen LogP contribution in [0.1, 0.15) is 31.2 Å². The first-order chi connectivity index (χ1) is 10.7. The number of carbonyl (C=O) groups excluding carboxylic acids is 1. The lowest BCUT2D eigenvalue weighted by Crippen LogP contribution is -2.41. The molecule has 0 radical (unpaired) electrons. The minimum absolute atomic E-state index is 0.0765. The number of nitrogens with zero attached hydrogens (tertiary/aromatic N) is 1. The van der Waals surface area contributed by atoms with E-state index in [2.05, 4.69) is 5.16 Å². The lowest BCUT2D eigenvalue weighted by molar-refractivity contribution is -0.162. The summed E-state index contributed by atoms with van der Waals surface area (Å²) >= 11 is 0. The van der Waals surface area contributed by atoms with Gasteiger partial charge in [-0.2, -0.15) is 0 Å². The number of hydrogen-bond donors (Lipinski definition) is 0. The maximum atomic E-state index is 12.3. The molecular weight excluding hydrogens is 282 g/mol. The predicted octanol–water partition coefficient (Wildman–Crippen LogP) is 2.54. The van der Waals surface area contributed by atoms with E-state index < -0.39 is 5.41 Å². The standard InChI is InChI=1S/C17H21NO4/c1-20-16(19)17(7-9-21-10-8-17)12-14-11-15(18-22-14)13-5-3-2-4-6-13/h2-6,14H,7-12H2,1H3/t14-/m1/s1. The second-order valence-corrected chi connectivity index (χ2v) is 5.92. The summed E-state index contributed by atoms with van der Waals surface area (Å²) in [5.74, 6) is -0.160. The van der Waals surface area contributed by atoms with Crippen molar-refractivity contribution >= 4 is 11.7 Å². The number of benzene rings is 1. The summed E-state index contributed by atoms with van der Waals surface area (Å²) < 4.78 is 10.4. The molecule has 0 bridgehead atoms. The van der Waals surface area contributed by atoms with Crippen molar-refractivity contribution in [3.8, 4) is 0 Å². The van der Waals surface area contributed by atoms with Crippen molar-refractivity contribution in [2.24, 2.45) is 10.6 Å². The highest BCUT2D eigenvalue weighted by atomic mass is 16.6. The molecule has 1 aromatic rings. The summed E-state index contributed by atoms with van der Waals surface area (Å²) in [4.78, 5) is 17.8. The SMILES string of the molecule is COC(=O)C1(C[C@H]2CC(c3ccccc3)=NO2)CCOCC1. The second-order valence-electron chi connectivity index (χ2n) is 5.92. The van der Waals surface area contributed by atoms with E-state index in [1.807, 2.05) is 30.3 Å². The molecule has 0 spiro atoms. The van der Waals surface area contributed by atoms with Gasteiger partial charge in [0.25, 0.3) is 0 Å². The van der Waals surface area contributed by atoms with Gasteiger partial charge in [0.05, 0.1) is 18.2 Å². The lowest BCUT2D eigenvalue weighted by Gasteiger charge is -2.35. The number of ether oxygens (including phenoxy) is 2. The van der Waals surface area contributed by atoms with Crippen molar-refractivity contribution in [2.45, 2.75) is 31.8 Å². The molecule has 118 valence electrons. The molecule has 1 atom stereocenters. The zero-order chi connectivity index (χ0) is 15.4. The average molecular weight is 303 g/mol. The molecule has 1 aromatic carbocycles. The van der Waals surface area contributed by atoms with E-state index in [-0.39, 0.29) is 12.1 Å². The molecule has 3 rings (SSSR count). The minimum atomic E-state index is -0.501. The summed E-state index contributed by atoms with van der Waals surface area (Å²) in [5, 5.41) is 4.20. The Labute approximate surface area is 130 Å². The van der Waals surface area contributed by atoms with Gasteiger partial charge in [-0.3, -0.25) is 4.79 Å². The van der Waals surface area contributed by atoms with E-state index in [0.29, 0.717) is 32.5 Å². The molecule has 0 unspecified atom stereocenters. The zero-order valence-electron chi connectivity index (χ0n) is 12.8. The molecule has 5 nitrogen and oxygen atoms in total.